The molecule has 31 heavy (non-hydrogen) atoms. The standard InChI is InChI=1S/C24H23FN4OS/c25-17-5-3-4-15(12-17)13-18(26)14-30-23-21-19-6-1-2-7-20(19)31-24(21)29-22(28-23)16-8-10-27-11-9-16/h3-5,8-12,18H,1-2,6-7,13-14,26H2. The molecular weight excluding hydrogens is 411 g/mol. The van der Waals surface area contributed by atoms with Crippen LogP contribution in [-0.2, 0) is 19.3 Å². The summed E-state index contributed by atoms with van der Waals surface area (Å²) in [6.45, 7) is 0.295. The molecule has 4 aromatic rings. The molecule has 3 heterocycles. The number of fused-ring (bicyclic) bond motifs is 3. The first kappa shape index (κ1) is 20.0. The average molecular weight is 435 g/mol. The van der Waals surface area contributed by atoms with Crippen LogP contribution in [0.5, 0.6) is 5.88 Å². The highest BCUT2D eigenvalue weighted by Gasteiger charge is 2.23. The van der Waals surface area contributed by atoms with Gasteiger partial charge in [0.25, 0.3) is 0 Å². The summed E-state index contributed by atoms with van der Waals surface area (Å²) < 4.78 is 19.7. The van der Waals surface area contributed by atoms with Gasteiger partial charge in [-0.3, -0.25) is 4.98 Å². The van der Waals surface area contributed by atoms with E-state index in [2.05, 4.69) is 4.98 Å². The number of benzene rings is 1. The molecule has 5 rings (SSSR count). The summed E-state index contributed by atoms with van der Waals surface area (Å²) in [7, 11) is 0. The topological polar surface area (TPSA) is 73.9 Å². The van der Waals surface area contributed by atoms with E-state index >= 15 is 0 Å². The van der Waals surface area contributed by atoms with Crippen LogP contribution in [0.2, 0.25) is 0 Å². The first-order valence-electron chi connectivity index (χ1n) is 10.5. The smallest absolute Gasteiger partial charge is 0.226 e. The van der Waals surface area contributed by atoms with Crippen molar-refractivity contribution in [3.8, 4) is 17.3 Å². The molecule has 0 amide bonds. The summed E-state index contributed by atoms with van der Waals surface area (Å²) in [4.78, 5) is 16.0. The summed E-state index contributed by atoms with van der Waals surface area (Å²) in [6, 6.07) is 10.0. The van der Waals surface area contributed by atoms with E-state index in [0.717, 1.165) is 34.2 Å². The lowest BCUT2D eigenvalue weighted by Gasteiger charge is -2.16. The molecule has 0 radical (unpaired) electrons. The lowest BCUT2D eigenvalue weighted by molar-refractivity contribution is 0.280. The Morgan fingerprint density at radius 3 is 2.77 bits per heavy atom. The van der Waals surface area contributed by atoms with Gasteiger partial charge in [-0.2, -0.15) is 4.98 Å². The first-order chi connectivity index (χ1) is 15.2. The molecule has 2 N–H and O–H groups in total. The van der Waals surface area contributed by atoms with Gasteiger partial charge in [-0.05, 0) is 67.5 Å². The molecule has 1 aromatic carbocycles. The second kappa shape index (κ2) is 8.69. The number of hydrogen-bond acceptors (Lipinski definition) is 6. The van der Waals surface area contributed by atoms with Gasteiger partial charge in [-0.15, -0.1) is 11.3 Å². The summed E-state index contributed by atoms with van der Waals surface area (Å²) in [5, 5.41) is 1.02. The maximum absolute atomic E-state index is 13.5. The molecule has 7 heteroatoms. The number of nitrogens with zero attached hydrogens (tertiary/aromatic N) is 3. The van der Waals surface area contributed by atoms with Gasteiger partial charge >= 0.3 is 0 Å². The van der Waals surface area contributed by atoms with Crippen LogP contribution in [0.3, 0.4) is 0 Å². The highest BCUT2D eigenvalue weighted by molar-refractivity contribution is 7.18. The predicted molar refractivity (Wildman–Crippen MR) is 121 cm³/mol. The van der Waals surface area contributed by atoms with Gasteiger partial charge in [0.05, 0.1) is 5.39 Å². The van der Waals surface area contributed by atoms with Crippen LogP contribution in [0.25, 0.3) is 21.6 Å². The van der Waals surface area contributed by atoms with Crippen LogP contribution in [0, 0.1) is 5.82 Å². The van der Waals surface area contributed by atoms with Crippen molar-refractivity contribution in [2.45, 2.75) is 38.1 Å². The highest BCUT2D eigenvalue weighted by Crippen LogP contribution is 2.40. The molecule has 0 spiro atoms. The van der Waals surface area contributed by atoms with Crippen molar-refractivity contribution in [2.24, 2.45) is 5.73 Å². The molecule has 158 valence electrons. The second-order valence-corrected chi connectivity index (χ2v) is 8.97. The third kappa shape index (κ3) is 4.29. The van der Waals surface area contributed by atoms with Crippen LogP contribution < -0.4 is 10.5 Å². The van der Waals surface area contributed by atoms with Crippen LogP contribution in [0.15, 0.2) is 48.8 Å². The molecule has 0 aliphatic heterocycles. The monoisotopic (exact) mass is 434 g/mol. The van der Waals surface area contributed by atoms with E-state index in [1.807, 2.05) is 18.2 Å². The number of rotatable bonds is 6. The van der Waals surface area contributed by atoms with Crippen molar-refractivity contribution in [3.05, 3.63) is 70.6 Å². The maximum atomic E-state index is 13.5. The number of thiophene rings is 1. The minimum absolute atomic E-state index is 0.255. The lowest BCUT2D eigenvalue weighted by Crippen LogP contribution is -2.30. The Labute approximate surface area is 184 Å². The quantitative estimate of drug-likeness (QED) is 0.475. The Morgan fingerprint density at radius 1 is 1.10 bits per heavy atom. The lowest BCUT2D eigenvalue weighted by atomic mass is 9.97. The minimum Gasteiger partial charge on any atom is -0.475 e. The fourth-order valence-electron chi connectivity index (χ4n) is 4.07. The summed E-state index contributed by atoms with van der Waals surface area (Å²) in [5.41, 5.74) is 9.39. The van der Waals surface area contributed by atoms with Crippen molar-refractivity contribution < 1.29 is 9.13 Å². The van der Waals surface area contributed by atoms with Crippen LogP contribution in [0.4, 0.5) is 4.39 Å². The number of aryl methyl sites for hydroxylation is 2. The number of nitrogens with two attached hydrogens (primary N) is 1. The van der Waals surface area contributed by atoms with E-state index in [0.29, 0.717) is 24.7 Å². The number of hydrogen-bond donors (Lipinski definition) is 1. The van der Waals surface area contributed by atoms with Gasteiger partial charge in [0.2, 0.25) is 5.88 Å². The summed E-state index contributed by atoms with van der Waals surface area (Å²) in [6.07, 6.45) is 8.49. The molecular formula is C24H23FN4OS. The molecule has 1 aliphatic carbocycles. The van der Waals surface area contributed by atoms with Crippen molar-refractivity contribution >= 4 is 21.6 Å². The van der Waals surface area contributed by atoms with E-state index in [9.17, 15) is 4.39 Å². The number of aromatic nitrogens is 3. The van der Waals surface area contributed by atoms with E-state index < -0.39 is 0 Å². The summed E-state index contributed by atoms with van der Waals surface area (Å²) in [5.74, 6) is 0.961. The molecule has 1 unspecified atom stereocenters. The molecule has 0 saturated carbocycles. The fraction of sp³-hybridized carbons (Fsp3) is 0.292. The van der Waals surface area contributed by atoms with E-state index in [4.69, 9.17) is 20.4 Å². The van der Waals surface area contributed by atoms with Crippen LogP contribution in [0.1, 0.15) is 28.8 Å². The molecule has 1 aliphatic rings. The molecule has 0 fully saturated rings. The van der Waals surface area contributed by atoms with E-state index in [1.165, 1.54) is 35.4 Å². The third-order valence-electron chi connectivity index (χ3n) is 5.54. The first-order valence-corrected chi connectivity index (χ1v) is 11.3. The fourth-order valence-corrected chi connectivity index (χ4v) is 5.32. The molecule has 5 nitrogen and oxygen atoms in total. The largest absolute Gasteiger partial charge is 0.475 e. The SMILES string of the molecule is NC(COc1nc(-c2ccncc2)nc2sc3c(c12)CCCC3)Cc1cccc(F)c1. The Hall–Kier alpha value is -2.90. The van der Waals surface area contributed by atoms with Crippen LogP contribution in [-0.4, -0.2) is 27.6 Å². The zero-order valence-electron chi connectivity index (χ0n) is 17.1. The van der Waals surface area contributed by atoms with Crippen molar-refractivity contribution in [1.29, 1.82) is 0 Å². The molecule has 3 aromatic heterocycles. The van der Waals surface area contributed by atoms with Crippen LogP contribution >= 0.6 is 11.3 Å². The Morgan fingerprint density at radius 2 is 1.94 bits per heavy atom. The van der Waals surface area contributed by atoms with Crippen molar-refractivity contribution in [1.82, 2.24) is 15.0 Å². The second-order valence-electron chi connectivity index (χ2n) is 7.88. The van der Waals surface area contributed by atoms with E-state index in [-0.39, 0.29) is 11.9 Å². The Kier molecular flexibility index (Phi) is 5.61. The number of pyridine rings is 1. The number of halogens is 1. The zero-order valence-corrected chi connectivity index (χ0v) is 17.9. The van der Waals surface area contributed by atoms with Gasteiger partial charge in [-0.1, -0.05) is 12.1 Å². The van der Waals surface area contributed by atoms with Crippen molar-refractivity contribution in [2.75, 3.05) is 6.61 Å². The van der Waals surface area contributed by atoms with Gasteiger partial charge in [0, 0.05) is 28.9 Å². The van der Waals surface area contributed by atoms with Gasteiger partial charge < -0.3 is 10.5 Å². The Balaban J connectivity index is 1.46. The van der Waals surface area contributed by atoms with Gasteiger partial charge in [0.15, 0.2) is 5.82 Å². The Bertz CT molecular complexity index is 1210. The predicted octanol–water partition coefficient (Wildman–Crippen LogP) is 4.72. The molecule has 0 saturated heterocycles. The minimum atomic E-state index is -0.273. The van der Waals surface area contributed by atoms with E-state index in [1.54, 1.807) is 29.8 Å². The average Bonchev–Trinajstić information content (AvgIpc) is 3.17. The zero-order chi connectivity index (χ0) is 21.2. The van der Waals surface area contributed by atoms with Gasteiger partial charge in [-0.25, -0.2) is 9.37 Å². The maximum Gasteiger partial charge on any atom is 0.226 e. The molecule has 0 bridgehead atoms. The normalized spacial score (nSPS) is 14.4. The molecule has 1 atom stereocenters. The van der Waals surface area contributed by atoms with Gasteiger partial charge in [0.1, 0.15) is 17.3 Å². The number of ether oxygens (including phenoxy) is 1. The summed E-state index contributed by atoms with van der Waals surface area (Å²) >= 11 is 1.74. The van der Waals surface area contributed by atoms with Crippen molar-refractivity contribution in [3.63, 3.8) is 0 Å². The highest BCUT2D eigenvalue weighted by atomic mass is 32.1. The third-order valence-corrected chi connectivity index (χ3v) is 6.73.